The summed E-state index contributed by atoms with van der Waals surface area (Å²) in [5, 5.41) is 20.7. The lowest BCUT2D eigenvalue weighted by molar-refractivity contribution is 0.0734. The van der Waals surface area contributed by atoms with E-state index >= 15 is 0 Å². The van der Waals surface area contributed by atoms with E-state index in [2.05, 4.69) is 11.1 Å². The van der Waals surface area contributed by atoms with Crippen LogP contribution in [0.1, 0.15) is 27.9 Å². The van der Waals surface area contributed by atoms with Gasteiger partial charge in [0.05, 0.1) is 11.6 Å². The molecule has 1 N–H and O–H groups in total. The molecule has 5 nitrogen and oxygen atoms in total. The van der Waals surface area contributed by atoms with Gasteiger partial charge in [0.1, 0.15) is 0 Å². The van der Waals surface area contributed by atoms with Crippen LogP contribution in [0.5, 0.6) is 0 Å². The molecule has 1 amide bonds. The van der Waals surface area contributed by atoms with Gasteiger partial charge in [-0.05, 0) is 52.6 Å². The van der Waals surface area contributed by atoms with Crippen molar-refractivity contribution in [2.24, 2.45) is 0 Å². The van der Waals surface area contributed by atoms with E-state index in [0.29, 0.717) is 30.6 Å². The molecule has 4 aromatic rings. The van der Waals surface area contributed by atoms with Crippen molar-refractivity contribution in [3.05, 3.63) is 102 Å². The number of carbonyl (C=O) groups is 1. The predicted octanol–water partition coefficient (Wildman–Crippen LogP) is 4.80. The molecule has 0 bridgehead atoms. The van der Waals surface area contributed by atoms with E-state index in [1.807, 2.05) is 66.7 Å². The number of nitriles is 1. The van der Waals surface area contributed by atoms with Gasteiger partial charge < -0.3 is 10.0 Å². The number of aliphatic hydroxyl groups is 1. The monoisotopic (exact) mass is 421 g/mol. The number of nitrogens with zero attached hydrogens (tertiary/aromatic N) is 3. The molecule has 5 heteroatoms. The Kier molecular flexibility index (Phi) is 6.54. The number of amides is 1. The third-order valence-electron chi connectivity index (χ3n) is 5.49. The van der Waals surface area contributed by atoms with Gasteiger partial charge in [0.2, 0.25) is 0 Å². The largest absolute Gasteiger partial charge is 0.396 e. The minimum absolute atomic E-state index is 0.0186. The summed E-state index contributed by atoms with van der Waals surface area (Å²) in [5.41, 5.74) is 3.95. The summed E-state index contributed by atoms with van der Waals surface area (Å²) in [6.07, 6.45) is 3.92. The van der Waals surface area contributed by atoms with Crippen LogP contribution >= 0.6 is 0 Å². The maximum atomic E-state index is 13.6. The molecule has 3 aromatic carbocycles. The lowest BCUT2D eigenvalue weighted by atomic mass is 9.92. The standard InChI is InChI=1S/C27H23N3O2/c28-18-21-6-1-2-7-22(21)25-10-11-26(24-9-4-3-8-23(24)25)27(32)30(16-5-17-31)19-20-12-14-29-15-13-20/h1-4,6-15,31H,5,16-17,19H2. The normalized spacial score (nSPS) is 10.6. The van der Waals surface area contributed by atoms with Gasteiger partial charge in [-0.25, -0.2) is 0 Å². The third-order valence-corrected chi connectivity index (χ3v) is 5.49. The Morgan fingerprint density at radius 3 is 2.38 bits per heavy atom. The van der Waals surface area contributed by atoms with Gasteiger partial charge in [-0.15, -0.1) is 0 Å². The highest BCUT2D eigenvalue weighted by Gasteiger charge is 2.20. The maximum absolute atomic E-state index is 13.6. The first kappa shape index (κ1) is 21.2. The maximum Gasteiger partial charge on any atom is 0.254 e. The lowest BCUT2D eigenvalue weighted by Gasteiger charge is -2.24. The first-order chi connectivity index (χ1) is 15.7. The van der Waals surface area contributed by atoms with Crippen molar-refractivity contribution in [2.75, 3.05) is 13.2 Å². The Balaban J connectivity index is 1.78. The number of rotatable bonds is 7. The van der Waals surface area contributed by atoms with Crippen molar-refractivity contribution in [1.82, 2.24) is 9.88 Å². The van der Waals surface area contributed by atoms with Crippen LogP contribution in [-0.4, -0.2) is 34.0 Å². The zero-order valence-electron chi connectivity index (χ0n) is 17.6. The average molecular weight is 422 g/mol. The van der Waals surface area contributed by atoms with E-state index in [1.165, 1.54) is 0 Å². The highest BCUT2D eigenvalue weighted by Crippen LogP contribution is 2.33. The van der Waals surface area contributed by atoms with Gasteiger partial charge in [-0.1, -0.05) is 48.5 Å². The summed E-state index contributed by atoms with van der Waals surface area (Å²) in [4.78, 5) is 19.4. The molecule has 0 saturated heterocycles. The number of hydrogen-bond donors (Lipinski definition) is 1. The first-order valence-corrected chi connectivity index (χ1v) is 10.5. The second kappa shape index (κ2) is 9.86. The Morgan fingerprint density at radius 2 is 1.62 bits per heavy atom. The topological polar surface area (TPSA) is 77.2 Å². The van der Waals surface area contributed by atoms with Gasteiger partial charge in [0.25, 0.3) is 5.91 Å². The molecule has 4 rings (SSSR count). The summed E-state index contributed by atoms with van der Waals surface area (Å²) in [7, 11) is 0. The fourth-order valence-corrected chi connectivity index (χ4v) is 3.93. The highest BCUT2D eigenvalue weighted by atomic mass is 16.3. The smallest absolute Gasteiger partial charge is 0.254 e. The van der Waals surface area contributed by atoms with Crippen molar-refractivity contribution in [1.29, 1.82) is 5.26 Å². The number of fused-ring (bicyclic) bond motifs is 1. The van der Waals surface area contributed by atoms with Gasteiger partial charge in [0, 0.05) is 43.2 Å². The molecule has 158 valence electrons. The molecule has 0 fully saturated rings. The molecule has 1 aromatic heterocycles. The van der Waals surface area contributed by atoms with Crippen molar-refractivity contribution >= 4 is 16.7 Å². The van der Waals surface area contributed by atoms with E-state index < -0.39 is 0 Å². The lowest BCUT2D eigenvalue weighted by Crippen LogP contribution is -2.32. The minimum Gasteiger partial charge on any atom is -0.396 e. The van der Waals surface area contributed by atoms with Crippen LogP contribution in [0.3, 0.4) is 0 Å². The molecule has 0 atom stereocenters. The minimum atomic E-state index is -0.0911. The van der Waals surface area contributed by atoms with Crippen molar-refractivity contribution in [2.45, 2.75) is 13.0 Å². The molecule has 0 saturated carbocycles. The summed E-state index contributed by atoms with van der Waals surface area (Å²) in [5.74, 6) is -0.0911. The van der Waals surface area contributed by atoms with E-state index in [4.69, 9.17) is 0 Å². The summed E-state index contributed by atoms with van der Waals surface area (Å²) >= 11 is 0. The molecular formula is C27H23N3O2. The quantitative estimate of drug-likeness (QED) is 0.465. The zero-order valence-corrected chi connectivity index (χ0v) is 17.6. The summed E-state index contributed by atoms with van der Waals surface area (Å²) < 4.78 is 0. The van der Waals surface area contributed by atoms with Gasteiger partial charge in [-0.2, -0.15) is 5.26 Å². The Bertz CT molecular complexity index is 1280. The van der Waals surface area contributed by atoms with E-state index in [1.54, 1.807) is 23.4 Å². The van der Waals surface area contributed by atoms with Crippen LogP contribution in [0, 0.1) is 11.3 Å². The number of benzene rings is 3. The second-order valence-electron chi connectivity index (χ2n) is 7.52. The molecule has 1 heterocycles. The van der Waals surface area contributed by atoms with E-state index in [-0.39, 0.29) is 12.5 Å². The van der Waals surface area contributed by atoms with Crippen LogP contribution in [0.4, 0.5) is 0 Å². The molecule has 0 aliphatic rings. The molecule has 0 spiro atoms. The van der Waals surface area contributed by atoms with Crippen molar-refractivity contribution in [3.8, 4) is 17.2 Å². The molecule has 0 aliphatic heterocycles. The van der Waals surface area contributed by atoms with Gasteiger partial charge in [-0.3, -0.25) is 9.78 Å². The SMILES string of the molecule is N#Cc1ccccc1-c1ccc(C(=O)N(CCCO)Cc2ccncc2)c2ccccc12. The highest BCUT2D eigenvalue weighted by molar-refractivity contribution is 6.11. The number of aromatic nitrogens is 1. The Hall–Kier alpha value is -4.01. The first-order valence-electron chi connectivity index (χ1n) is 10.5. The van der Waals surface area contributed by atoms with Crippen LogP contribution < -0.4 is 0 Å². The van der Waals surface area contributed by atoms with Crippen molar-refractivity contribution in [3.63, 3.8) is 0 Å². The number of pyridine rings is 1. The third kappa shape index (κ3) is 4.36. The molecular weight excluding hydrogens is 398 g/mol. The Morgan fingerprint density at radius 1 is 0.906 bits per heavy atom. The van der Waals surface area contributed by atoms with Crippen LogP contribution in [-0.2, 0) is 6.54 Å². The fourth-order valence-electron chi connectivity index (χ4n) is 3.93. The van der Waals surface area contributed by atoms with Gasteiger partial charge >= 0.3 is 0 Å². The van der Waals surface area contributed by atoms with Gasteiger partial charge in [0.15, 0.2) is 0 Å². The van der Waals surface area contributed by atoms with Crippen LogP contribution in [0.15, 0.2) is 85.2 Å². The summed E-state index contributed by atoms with van der Waals surface area (Å²) in [6, 6.07) is 25.1. The number of aliphatic hydroxyl groups excluding tert-OH is 1. The fraction of sp³-hybridized carbons (Fsp3) is 0.148. The van der Waals surface area contributed by atoms with E-state index in [9.17, 15) is 15.2 Å². The second-order valence-corrected chi connectivity index (χ2v) is 7.52. The van der Waals surface area contributed by atoms with Crippen molar-refractivity contribution < 1.29 is 9.90 Å². The molecule has 0 radical (unpaired) electrons. The summed E-state index contributed by atoms with van der Waals surface area (Å²) in [6.45, 7) is 0.907. The predicted molar refractivity (Wildman–Crippen MR) is 125 cm³/mol. The van der Waals surface area contributed by atoms with Crippen LogP contribution in [0.25, 0.3) is 21.9 Å². The van der Waals surface area contributed by atoms with Crippen LogP contribution in [0.2, 0.25) is 0 Å². The molecule has 0 unspecified atom stereocenters. The number of carbonyl (C=O) groups excluding carboxylic acids is 1. The average Bonchev–Trinajstić information content (AvgIpc) is 2.86. The Labute approximate surface area is 187 Å². The molecule has 32 heavy (non-hydrogen) atoms. The number of hydrogen-bond acceptors (Lipinski definition) is 4. The molecule has 0 aliphatic carbocycles. The zero-order chi connectivity index (χ0) is 22.3. The van der Waals surface area contributed by atoms with E-state index in [0.717, 1.165) is 27.5 Å².